The minimum absolute atomic E-state index is 0.186. The molecular weight excluding hydrogens is 384 g/mol. The van der Waals surface area contributed by atoms with Crippen LogP contribution >= 0.6 is 0 Å². The van der Waals surface area contributed by atoms with Crippen molar-refractivity contribution in [3.8, 4) is 0 Å². The highest BCUT2D eigenvalue weighted by atomic mass is 16.7. The first-order valence-electron chi connectivity index (χ1n) is 12.3. The Kier molecular flexibility index (Phi) is 12.4. The van der Waals surface area contributed by atoms with Gasteiger partial charge in [0.25, 0.3) is 0 Å². The third-order valence-electron chi connectivity index (χ3n) is 6.00. The summed E-state index contributed by atoms with van der Waals surface area (Å²) in [4.78, 5) is 24.2. The SMILES string of the molecule is CCCCCCCCCC(=O)OC1CO[C@@H]2C(OC(=O)CCCCCCC)COC12. The van der Waals surface area contributed by atoms with E-state index in [0.29, 0.717) is 26.1 Å². The molecule has 2 heterocycles. The van der Waals surface area contributed by atoms with Gasteiger partial charge in [0.05, 0.1) is 13.2 Å². The Morgan fingerprint density at radius 2 is 1.00 bits per heavy atom. The van der Waals surface area contributed by atoms with Crippen LogP contribution in [0.4, 0.5) is 0 Å². The molecule has 0 spiro atoms. The summed E-state index contributed by atoms with van der Waals surface area (Å²) < 4.78 is 22.7. The molecule has 0 aromatic rings. The lowest BCUT2D eigenvalue weighted by molar-refractivity contribution is -0.155. The van der Waals surface area contributed by atoms with Crippen molar-refractivity contribution >= 4 is 11.9 Å². The van der Waals surface area contributed by atoms with Crippen molar-refractivity contribution in [2.24, 2.45) is 0 Å². The number of carbonyl (C=O) groups excluding carboxylic acids is 2. The van der Waals surface area contributed by atoms with Gasteiger partial charge < -0.3 is 18.9 Å². The number of carbonyl (C=O) groups is 2. The van der Waals surface area contributed by atoms with Gasteiger partial charge >= 0.3 is 11.9 Å². The standard InChI is InChI=1S/C24H42O6/c1-3-5-7-9-10-12-14-16-22(26)30-20-18-28-23-19(17-27-24(20)23)29-21(25)15-13-11-8-6-4-2/h19-20,23-24H,3-18H2,1-2H3/t19?,20?,23-,24?/m1/s1. The van der Waals surface area contributed by atoms with Gasteiger partial charge in [0.2, 0.25) is 0 Å². The number of ether oxygens (including phenoxy) is 4. The molecule has 0 bridgehead atoms. The first-order valence-corrected chi connectivity index (χ1v) is 12.3. The Balaban J connectivity index is 1.59. The van der Waals surface area contributed by atoms with Crippen molar-refractivity contribution in [2.45, 2.75) is 128 Å². The molecule has 0 aromatic carbocycles. The molecule has 4 atom stereocenters. The van der Waals surface area contributed by atoms with Crippen LogP contribution in [0.25, 0.3) is 0 Å². The minimum atomic E-state index is -0.398. The summed E-state index contributed by atoms with van der Waals surface area (Å²) in [6.07, 6.45) is 13.1. The molecule has 0 N–H and O–H groups in total. The molecule has 3 unspecified atom stereocenters. The molecule has 2 rings (SSSR count). The van der Waals surface area contributed by atoms with E-state index in [1.807, 2.05) is 0 Å². The highest BCUT2D eigenvalue weighted by Gasteiger charge is 2.51. The fourth-order valence-corrected chi connectivity index (χ4v) is 4.19. The number of unbranched alkanes of at least 4 members (excludes halogenated alkanes) is 10. The molecule has 0 saturated carbocycles. The van der Waals surface area contributed by atoms with Gasteiger partial charge in [0.1, 0.15) is 12.2 Å². The smallest absolute Gasteiger partial charge is 0.306 e. The van der Waals surface area contributed by atoms with E-state index in [0.717, 1.165) is 32.1 Å². The lowest BCUT2D eigenvalue weighted by Gasteiger charge is -2.17. The van der Waals surface area contributed by atoms with Crippen molar-refractivity contribution < 1.29 is 28.5 Å². The topological polar surface area (TPSA) is 71.1 Å². The maximum Gasteiger partial charge on any atom is 0.306 e. The maximum atomic E-state index is 12.2. The predicted molar refractivity (Wildman–Crippen MR) is 115 cm³/mol. The zero-order chi connectivity index (χ0) is 21.6. The summed E-state index contributed by atoms with van der Waals surface area (Å²) in [7, 11) is 0. The van der Waals surface area contributed by atoms with Gasteiger partial charge in [0.15, 0.2) is 12.2 Å². The zero-order valence-electron chi connectivity index (χ0n) is 19.1. The van der Waals surface area contributed by atoms with Gasteiger partial charge in [-0.2, -0.15) is 0 Å². The maximum absolute atomic E-state index is 12.2. The van der Waals surface area contributed by atoms with Gasteiger partial charge in [-0.05, 0) is 12.8 Å². The average Bonchev–Trinajstić information content (AvgIpc) is 3.31. The van der Waals surface area contributed by atoms with Crippen molar-refractivity contribution in [1.82, 2.24) is 0 Å². The molecule has 6 nitrogen and oxygen atoms in total. The van der Waals surface area contributed by atoms with Gasteiger partial charge in [-0.1, -0.05) is 78.1 Å². The number of hydrogen-bond acceptors (Lipinski definition) is 6. The fourth-order valence-electron chi connectivity index (χ4n) is 4.19. The van der Waals surface area contributed by atoms with Crippen LogP contribution < -0.4 is 0 Å². The number of hydrogen-bond donors (Lipinski definition) is 0. The van der Waals surface area contributed by atoms with Gasteiger partial charge in [-0.25, -0.2) is 0 Å². The second-order valence-electron chi connectivity index (χ2n) is 8.69. The Morgan fingerprint density at radius 3 is 1.40 bits per heavy atom. The summed E-state index contributed by atoms with van der Waals surface area (Å²) in [5.74, 6) is -0.377. The first kappa shape index (κ1) is 25.1. The van der Waals surface area contributed by atoms with Crippen molar-refractivity contribution in [3.05, 3.63) is 0 Å². The summed E-state index contributed by atoms with van der Waals surface area (Å²) in [6.45, 7) is 5.00. The van der Waals surface area contributed by atoms with E-state index >= 15 is 0 Å². The predicted octanol–water partition coefficient (Wildman–Crippen LogP) is 5.11. The summed E-state index contributed by atoms with van der Waals surface area (Å²) in [5, 5.41) is 0. The molecular formula is C24H42O6. The molecule has 0 aliphatic carbocycles. The molecule has 2 aliphatic heterocycles. The van der Waals surface area contributed by atoms with Crippen molar-refractivity contribution in [2.75, 3.05) is 13.2 Å². The third-order valence-corrected chi connectivity index (χ3v) is 6.00. The Labute approximate surface area is 182 Å². The van der Waals surface area contributed by atoms with E-state index < -0.39 is 12.2 Å². The van der Waals surface area contributed by atoms with Crippen LogP contribution in [0.5, 0.6) is 0 Å². The molecule has 0 radical (unpaired) electrons. The Hall–Kier alpha value is -1.14. The number of fused-ring (bicyclic) bond motifs is 1. The van der Waals surface area contributed by atoms with E-state index in [1.165, 1.54) is 44.9 Å². The van der Waals surface area contributed by atoms with Crippen LogP contribution in [0.3, 0.4) is 0 Å². The second-order valence-corrected chi connectivity index (χ2v) is 8.69. The molecule has 174 valence electrons. The molecule has 0 aromatic heterocycles. The largest absolute Gasteiger partial charge is 0.457 e. The third kappa shape index (κ3) is 8.93. The second kappa shape index (κ2) is 14.8. The van der Waals surface area contributed by atoms with Crippen molar-refractivity contribution in [3.63, 3.8) is 0 Å². The van der Waals surface area contributed by atoms with Crippen LogP contribution in [0, 0.1) is 0 Å². The van der Waals surface area contributed by atoms with Crippen LogP contribution in [0.15, 0.2) is 0 Å². The first-order chi connectivity index (χ1) is 14.7. The highest BCUT2D eigenvalue weighted by Crippen LogP contribution is 2.31. The van der Waals surface area contributed by atoms with Crippen molar-refractivity contribution in [1.29, 1.82) is 0 Å². The Bertz CT molecular complexity index is 494. The molecule has 30 heavy (non-hydrogen) atoms. The van der Waals surface area contributed by atoms with Gasteiger partial charge in [-0.15, -0.1) is 0 Å². The normalized spacial score (nSPS) is 25.3. The van der Waals surface area contributed by atoms with E-state index in [9.17, 15) is 9.59 Å². The lowest BCUT2D eigenvalue weighted by atomic mass is 10.1. The molecule has 2 saturated heterocycles. The highest BCUT2D eigenvalue weighted by molar-refractivity contribution is 5.70. The molecule has 0 amide bonds. The molecule has 2 aliphatic rings. The van der Waals surface area contributed by atoms with E-state index in [-0.39, 0.29) is 24.1 Å². The van der Waals surface area contributed by atoms with E-state index in [2.05, 4.69) is 13.8 Å². The Morgan fingerprint density at radius 1 is 0.633 bits per heavy atom. The summed E-state index contributed by atoms with van der Waals surface area (Å²) >= 11 is 0. The summed E-state index contributed by atoms with van der Waals surface area (Å²) in [5.41, 5.74) is 0. The van der Waals surface area contributed by atoms with Gasteiger partial charge in [0, 0.05) is 12.8 Å². The quantitative estimate of drug-likeness (QED) is 0.252. The average molecular weight is 427 g/mol. The number of rotatable bonds is 16. The van der Waals surface area contributed by atoms with E-state index in [1.54, 1.807) is 0 Å². The lowest BCUT2D eigenvalue weighted by Crippen LogP contribution is -2.35. The summed E-state index contributed by atoms with van der Waals surface area (Å²) in [6, 6.07) is 0. The van der Waals surface area contributed by atoms with Gasteiger partial charge in [-0.3, -0.25) is 9.59 Å². The van der Waals surface area contributed by atoms with Crippen LogP contribution in [0.1, 0.15) is 104 Å². The number of esters is 2. The van der Waals surface area contributed by atoms with Crippen LogP contribution in [-0.2, 0) is 28.5 Å². The molecule has 2 fully saturated rings. The molecule has 6 heteroatoms. The monoisotopic (exact) mass is 426 g/mol. The fraction of sp³-hybridized carbons (Fsp3) is 0.917. The van der Waals surface area contributed by atoms with E-state index in [4.69, 9.17) is 18.9 Å². The minimum Gasteiger partial charge on any atom is -0.457 e. The van der Waals surface area contributed by atoms with Crippen LogP contribution in [0.2, 0.25) is 0 Å². The van der Waals surface area contributed by atoms with Crippen LogP contribution in [-0.4, -0.2) is 49.6 Å². The zero-order valence-corrected chi connectivity index (χ0v) is 19.1.